The van der Waals surface area contributed by atoms with Gasteiger partial charge in [-0.1, -0.05) is 0 Å². The first-order chi connectivity index (χ1) is 5.16. The second-order valence-electron chi connectivity index (χ2n) is 1.70. The van der Waals surface area contributed by atoms with E-state index in [0.29, 0.717) is 13.1 Å². The number of carbonyl (C=O) groups excluding carboxylic acids is 1. The van der Waals surface area contributed by atoms with Crippen LogP contribution >= 0.6 is 0 Å². The molecule has 0 aliphatic rings. The van der Waals surface area contributed by atoms with Crippen LogP contribution in [-0.2, 0) is 0 Å². The van der Waals surface area contributed by atoms with Crippen LogP contribution in [0.3, 0.4) is 0 Å². The smallest absolute Gasteiger partial charge is 0.312 e. The number of rotatable bonds is 3. The molecule has 0 heterocycles. The summed E-state index contributed by atoms with van der Waals surface area (Å²) in [6, 6.07) is -0.584. The minimum absolute atomic E-state index is 0.122. The molecule has 7 heteroatoms. The van der Waals surface area contributed by atoms with Crippen molar-refractivity contribution in [1.29, 1.82) is 0 Å². The first-order valence-electron chi connectivity index (χ1n) is 2.96. The minimum Gasteiger partial charge on any atom is -0.369 e. The zero-order chi connectivity index (χ0) is 8.69. The number of urea groups is 1. The molecule has 8 N–H and O–H groups in total. The standard InChI is InChI=1S/C4H12N6O/c5-3(10-7)8-1-2-9-4(6)11/h1-2,7H2,(H3,5,8,10)(H3,6,9,11). The number of primary amides is 1. The summed E-state index contributed by atoms with van der Waals surface area (Å²) in [5, 5.41) is 2.33. The molecule has 0 aromatic rings. The van der Waals surface area contributed by atoms with Gasteiger partial charge >= 0.3 is 6.03 Å². The Bertz CT molecular complexity index is 155. The molecular weight excluding hydrogens is 148 g/mol. The van der Waals surface area contributed by atoms with E-state index in [4.69, 9.17) is 17.3 Å². The molecule has 0 radical (unpaired) electrons. The SMILES string of the molecule is NNC(N)=NCCNC(N)=O. The topological polar surface area (TPSA) is 132 Å². The average molecular weight is 160 g/mol. The zero-order valence-corrected chi connectivity index (χ0v) is 6.00. The fourth-order valence-corrected chi connectivity index (χ4v) is 0.401. The summed E-state index contributed by atoms with van der Waals surface area (Å²) in [5.74, 6) is 5.02. The molecule has 64 valence electrons. The first-order valence-corrected chi connectivity index (χ1v) is 2.96. The van der Waals surface area contributed by atoms with Gasteiger partial charge in [-0.15, -0.1) is 0 Å². The van der Waals surface area contributed by atoms with Crippen molar-refractivity contribution in [2.45, 2.75) is 0 Å². The monoisotopic (exact) mass is 160 g/mol. The van der Waals surface area contributed by atoms with E-state index in [-0.39, 0.29) is 5.96 Å². The van der Waals surface area contributed by atoms with Crippen LogP contribution in [0.5, 0.6) is 0 Å². The molecule has 0 aliphatic heterocycles. The molecular formula is C4H12N6O. The predicted molar refractivity (Wildman–Crippen MR) is 41.4 cm³/mol. The molecule has 0 saturated heterocycles. The van der Waals surface area contributed by atoms with Crippen molar-refractivity contribution in [2.24, 2.45) is 22.3 Å². The van der Waals surface area contributed by atoms with E-state index in [2.05, 4.69) is 15.7 Å². The van der Waals surface area contributed by atoms with Crippen molar-refractivity contribution in [1.82, 2.24) is 10.7 Å². The van der Waals surface area contributed by atoms with Gasteiger partial charge in [0.05, 0.1) is 6.54 Å². The highest BCUT2D eigenvalue weighted by Gasteiger charge is 1.89. The van der Waals surface area contributed by atoms with E-state index in [1.165, 1.54) is 0 Å². The van der Waals surface area contributed by atoms with Crippen LogP contribution < -0.4 is 28.1 Å². The molecule has 0 atom stereocenters. The number of hydrogen-bond acceptors (Lipinski definition) is 3. The largest absolute Gasteiger partial charge is 0.369 e. The zero-order valence-electron chi connectivity index (χ0n) is 6.00. The van der Waals surface area contributed by atoms with Gasteiger partial charge in [-0.2, -0.15) is 0 Å². The van der Waals surface area contributed by atoms with Crippen LogP contribution in [0.4, 0.5) is 4.79 Å². The number of aliphatic imine (C=N–C) groups is 1. The van der Waals surface area contributed by atoms with Gasteiger partial charge in [0.1, 0.15) is 0 Å². The molecule has 0 aromatic heterocycles. The molecule has 0 bridgehead atoms. The molecule has 0 unspecified atom stereocenters. The number of hydrogen-bond donors (Lipinski definition) is 5. The normalized spacial score (nSPS) is 10.8. The van der Waals surface area contributed by atoms with Crippen LogP contribution in [0.25, 0.3) is 0 Å². The number of amides is 2. The summed E-state index contributed by atoms with van der Waals surface area (Å²) in [7, 11) is 0. The molecule has 0 spiro atoms. The van der Waals surface area contributed by atoms with Crippen molar-refractivity contribution in [2.75, 3.05) is 13.1 Å². The Kier molecular flexibility index (Phi) is 4.58. The van der Waals surface area contributed by atoms with Gasteiger partial charge in [-0.05, 0) is 0 Å². The number of nitrogens with two attached hydrogens (primary N) is 3. The van der Waals surface area contributed by atoms with Gasteiger partial charge in [0.2, 0.25) is 5.96 Å². The summed E-state index contributed by atoms with van der Waals surface area (Å²) >= 11 is 0. The predicted octanol–water partition coefficient (Wildman–Crippen LogP) is -2.57. The van der Waals surface area contributed by atoms with E-state index in [9.17, 15) is 4.79 Å². The summed E-state index contributed by atoms with van der Waals surface area (Å²) < 4.78 is 0. The van der Waals surface area contributed by atoms with E-state index in [1.54, 1.807) is 0 Å². The molecule has 2 amide bonds. The lowest BCUT2D eigenvalue weighted by molar-refractivity contribution is 0.249. The summed E-state index contributed by atoms with van der Waals surface area (Å²) in [6.07, 6.45) is 0. The molecule has 7 nitrogen and oxygen atoms in total. The van der Waals surface area contributed by atoms with Crippen molar-refractivity contribution in [3.05, 3.63) is 0 Å². The molecule has 0 fully saturated rings. The highest BCUT2D eigenvalue weighted by Crippen LogP contribution is 1.66. The molecule has 11 heavy (non-hydrogen) atoms. The second kappa shape index (κ2) is 5.30. The van der Waals surface area contributed by atoms with Crippen molar-refractivity contribution in [3.8, 4) is 0 Å². The third-order valence-corrected chi connectivity index (χ3v) is 0.841. The van der Waals surface area contributed by atoms with E-state index >= 15 is 0 Å². The van der Waals surface area contributed by atoms with Crippen molar-refractivity contribution < 1.29 is 4.79 Å². The van der Waals surface area contributed by atoms with Crippen LogP contribution in [-0.4, -0.2) is 25.1 Å². The fraction of sp³-hybridized carbons (Fsp3) is 0.500. The Morgan fingerprint density at radius 3 is 2.55 bits per heavy atom. The summed E-state index contributed by atoms with van der Waals surface area (Å²) in [5.41, 5.74) is 12.1. The maximum atomic E-state index is 10.1. The van der Waals surface area contributed by atoms with E-state index < -0.39 is 6.03 Å². The van der Waals surface area contributed by atoms with Gasteiger partial charge in [0.15, 0.2) is 0 Å². The highest BCUT2D eigenvalue weighted by atomic mass is 16.2. The quantitative estimate of drug-likeness (QED) is 0.102. The Hall–Kier alpha value is -1.50. The van der Waals surface area contributed by atoms with Crippen LogP contribution in [0, 0.1) is 0 Å². The molecule has 0 rings (SSSR count). The Balaban J connectivity index is 3.33. The number of hydrazine groups is 1. The second-order valence-corrected chi connectivity index (χ2v) is 1.70. The van der Waals surface area contributed by atoms with E-state index in [0.717, 1.165) is 0 Å². The lowest BCUT2D eigenvalue weighted by Gasteiger charge is -1.99. The van der Waals surface area contributed by atoms with Gasteiger partial charge in [-0.25, -0.2) is 10.6 Å². The van der Waals surface area contributed by atoms with Gasteiger partial charge in [-0.3, -0.25) is 10.4 Å². The maximum Gasteiger partial charge on any atom is 0.312 e. The van der Waals surface area contributed by atoms with Crippen molar-refractivity contribution in [3.63, 3.8) is 0 Å². The van der Waals surface area contributed by atoms with Crippen LogP contribution in [0.1, 0.15) is 0 Å². The Labute approximate surface area is 64.0 Å². The average Bonchev–Trinajstić information content (AvgIpc) is 1.97. The summed E-state index contributed by atoms with van der Waals surface area (Å²) in [4.78, 5) is 13.8. The van der Waals surface area contributed by atoms with E-state index in [1.807, 2.05) is 0 Å². The third kappa shape index (κ3) is 6.38. The van der Waals surface area contributed by atoms with Crippen LogP contribution in [0.15, 0.2) is 4.99 Å². The fourth-order valence-electron chi connectivity index (χ4n) is 0.401. The molecule has 0 aromatic carbocycles. The third-order valence-electron chi connectivity index (χ3n) is 0.841. The number of nitrogens with zero attached hydrogens (tertiary/aromatic N) is 1. The number of guanidine groups is 1. The molecule has 0 aliphatic carbocycles. The number of carbonyl (C=O) groups is 1. The van der Waals surface area contributed by atoms with Crippen molar-refractivity contribution >= 4 is 12.0 Å². The van der Waals surface area contributed by atoms with Crippen LogP contribution in [0.2, 0.25) is 0 Å². The Morgan fingerprint density at radius 2 is 2.09 bits per heavy atom. The Morgan fingerprint density at radius 1 is 1.45 bits per heavy atom. The van der Waals surface area contributed by atoms with Gasteiger partial charge in [0.25, 0.3) is 0 Å². The maximum absolute atomic E-state index is 10.1. The highest BCUT2D eigenvalue weighted by molar-refractivity contribution is 5.77. The lowest BCUT2D eigenvalue weighted by Crippen LogP contribution is -2.38. The van der Waals surface area contributed by atoms with Gasteiger partial charge < -0.3 is 16.8 Å². The molecule has 0 saturated carbocycles. The first kappa shape index (κ1) is 9.50. The van der Waals surface area contributed by atoms with Gasteiger partial charge in [0, 0.05) is 6.54 Å². The number of nitrogens with one attached hydrogen (secondary N) is 2. The summed E-state index contributed by atoms with van der Waals surface area (Å²) in [6.45, 7) is 0.691. The minimum atomic E-state index is -0.584. The lowest BCUT2D eigenvalue weighted by atomic mass is 10.6.